The molecule has 6 heteroatoms. The minimum absolute atomic E-state index is 0.0369. The predicted octanol–water partition coefficient (Wildman–Crippen LogP) is 3.50. The summed E-state index contributed by atoms with van der Waals surface area (Å²) in [5, 5.41) is 0. The average molecular weight is 409 g/mol. The highest BCUT2D eigenvalue weighted by Crippen LogP contribution is 2.23. The van der Waals surface area contributed by atoms with E-state index < -0.39 is 0 Å². The Bertz CT molecular complexity index is 839. The van der Waals surface area contributed by atoms with Crippen molar-refractivity contribution in [2.24, 2.45) is 0 Å². The number of nitrogens with zero attached hydrogens (tertiary/aromatic N) is 4. The highest BCUT2D eigenvalue weighted by atomic mass is 16.5. The molecular weight excluding hydrogens is 376 g/mol. The van der Waals surface area contributed by atoms with Crippen LogP contribution in [-0.4, -0.2) is 64.5 Å². The second-order valence-electron chi connectivity index (χ2n) is 8.41. The van der Waals surface area contributed by atoms with Crippen LogP contribution >= 0.6 is 0 Å². The third kappa shape index (κ3) is 5.36. The molecule has 1 aromatic heterocycles. The van der Waals surface area contributed by atoms with Gasteiger partial charge in [0.15, 0.2) is 0 Å². The van der Waals surface area contributed by atoms with Crippen LogP contribution in [-0.2, 0) is 6.42 Å². The molecule has 1 atom stereocenters. The molecule has 160 valence electrons. The number of rotatable bonds is 1. The summed E-state index contributed by atoms with van der Waals surface area (Å²) < 4.78 is 5.97. The number of carbonyl (C=O) groups is 1. The Kier molecular flexibility index (Phi) is 6.95. The first-order valence-electron chi connectivity index (χ1n) is 11.2. The van der Waals surface area contributed by atoms with Crippen molar-refractivity contribution in [3.63, 3.8) is 0 Å². The van der Waals surface area contributed by atoms with Crippen LogP contribution in [0.1, 0.15) is 53.8 Å². The van der Waals surface area contributed by atoms with Gasteiger partial charge in [0.1, 0.15) is 11.4 Å². The topological polar surface area (TPSA) is 58.6 Å². The van der Waals surface area contributed by atoms with Gasteiger partial charge in [-0.25, -0.2) is 4.98 Å². The molecule has 6 nitrogen and oxygen atoms in total. The summed E-state index contributed by atoms with van der Waals surface area (Å²) in [5.74, 6) is 0.887. The summed E-state index contributed by atoms with van der Waals surface area (Å²) in [4.78, 5) is 26.2. The van der Waals surface area contributed by atoms with Gasteiger partial charge in [0.05, 0.1) is 18.5 Å². The molecule has 2 aromatic rings. The van der Waals surface area contributed by atoms with Crippen LogP contribution in [0.4, 0.5) is 0 Å². The van der Waals surface area contributed by atoms with E-state index in [9.17, 15) is 4.79 Å². The maximum atomic E-state index is 13.1. The van der Waals surface area contributed by atoms with Crippen LogP contribution in [0.2, 0.25) is 0 Å². The monoisotopic (exact) mass is 408 g/mol. The number of aryl methyl sites for hydroxylation is 2. The van der Waals surface area contributed by atoms with Gasteiger partial charge < -0.3 is 9.64 Å². The molecule has 2 aliphatic heterocycles. The molecule has 1 fully saturated rings. The number of benzene rings is 1. The fourth-order valence-electron chi connectivity index (χ4n) is 4.48. The minimum atomic E-state index is -0.0369. The van der Waals surface area contributed by atoms with Crippen LogP contribution in [0.5, 0.6) is 5.75 Å². The van der Waals surface area contributed by atoms with E-state index in [1.165, 1.54) is 24.8 Å². The number of piperidine rings is 1. The van der Waals surface area contributed by atoms with E-state index in [1.807, 2.05) is 17.9 Å². The molecule has 30 heavy (non-hydrogen) atoms. The Hall–Kier alpha value is -2.47. The molecule has 0 aliphatic carbocycles. The highest BCUT2D eigenvalue weighted by Gasteiger charge is 2.24. The summed E-state index contributed by atoms with van der Waals surface area (Å²) in [7, 11) is 0. The van der Waals surface area contributed by atoms with Gasteiger partial charge >= 0.3 is 0 Å². The van der Waals surface area contributed by atoms with Crippen molar-refractivity contribution in [1.82, 2.24) is 19.8 Å². The van der Waals surface area contributed by atoms with E-state index in [0.717, 1.165) is 50.3 Å². The first-order valence-corrected chi connectivity index (χ1v) is 11.2. The van der Waals surface area contributed by atoms with Crippen LogP contribution in [0.3, 0.4) is 0 Å². The Balaban J connectivity index is 1.51. The van der Waals surface area contributed by atoms with Crippen LogP contribution < -0.4 is 4.74 Å². The molecule has 2 aliphatic rings. The quantitative estimate of drug-likeness (QED) is 0.723. The van der Waals surface area contributed by atoms with Crippen molar-refractivity contribution in [2.75, 3.05) is 32.8 Å². The summed E-state index contributed by atoms with van der Waals surface area (Å²) >= 11 is 0. The van der Waals surface area contributed by atoms with Crippen molar-refractivity contribution in [2.45, 2.75) is 51.5 Å². The number of ether oxygens (including phenoxy) is 1. The molecule has 1 unspecified atom stereocenters. The zero-order valence-corrected chi connectivity index (χ0v) is 17.9. The first-order chi connectivity index (χ1) is 14.7. The van der Waals surface area contributed by atoms with E-state index in [1.54, 1.807) is 12.4 Å². The van der Waals surface area contributed by atoms with Crippen LogP contribution in [0.15, 0.2) is 36.7 Å². The number of hydrogen-bond donors (Lipinski definition) is 0. The molecular formula is C24H32N4O2. The van der Waals surface area contributed by atoms with Crippen molar-refractivity contribution < 1.29 is 9.53 Å². The molecule has 4 rings (SSSR count). The standard InChI is InChI=1S/C24H32N4O2/c1-19-17-26-23(18-25-19)24(29)28-12-5-15-30-22-8-4-6-20(16-22)9-10-21-7-2-3-11-27(21)13-14-28/h4,6,8,16-18,21H,2-3,5,7,9-15H2,1H3. The second-order valence-corrected chi connectivity index (χ2v) is 8.41. The maximum Gasteiger partial charge on any atom is 0.274 e. The SMILES string of the molecule is Cc1cnc(C(=O)N2CCCOc3cccc(c3)CCC3CCCCN3CC2)cn1. The lowest BCUT2D eigenvalue weighted by Gasteiger charge is -2.37. The lowest BCUT2D eigenvalue weighted by Crippen LogP contribution is -2.45. The fourth-order valence-corrected chi connectivity index (χ4v) is 4.48. The highest BCUT2D eigenvalue weighted by molar-refractivity contribution is 5.92. The summed E-state index contributed by atoms with van der Waals surface area (Å²) in [6.07, 6.45) is 10.1. The van der Waals surface area contributed by atoms with Gasteiger partial charge in [-0.1, -0.05) is 18.6 Å². The lowest BCUT2D eigenvalue weighted by atomic mass is 9.95. The molecule has 1 amide bonds. The third-order valence-electron chi connectivity index (χ3n) is 6.20. The van der Waals surface area contributed by atoms with Gasteiger partial charge in [-0.2, -0.15) is 0 Å². The average Bonchev–Trinajstić information content (AvgIpc) is 2.78. The maximum absolute atomic E-state index is 13.1. The molecule has 1 saturated heterocycles. The first kappa shape index (κ1) is 20.8. The molecule has 0 N–H and O–H groups in total. The number of fused-ring (bicyclic) bond motifs is 3. The Morgan fingerprint density at radius 1 is 1.03 bits per heavy atom. The molecule has 3 heterocycles. The number of hydrogen-bond acceptors (Lipinski definition) is 5. The van der Waals surface area contributed by atoms with Crippen molar-refractivity contribution in [3.05, 3.63) is 53.6 Å². The van der Waals surface area contributed by atoms with Crippen molar-refractivity contribution in [1.29, 1.82) is 0 Å². The normalized spacial score (nSPS) is 21.2. The molecule has 0 saturated carbocycles. The Morgan fingerprint density at radius 2 is 1.97 bits per heavy atom. The molecule has 0 radical (unpaired) electrons. The smallest absolute Gasteiger partial charge is 0.274 e. The number of carbonyl (C=O) groups excluding carboxylic acids is 1. The van der Waals surface area contributed by atoms with Gasteiger partial charge in [-0.15, -0.1) is 0 Å². The summed E-state index contributed by atoms with van der Waals surface area (Å²) in [6, 6.07) is 9.06. The predicted molar refractivity (Wildman–Crippen MR) is 117 cm³/mol. The van der Waals surface area contributed by atoms with Gasteiger partial charge in [-0.05, 0) is 63.3 Å². The third-order valence-corrected chi connectivity index (χ3v) is 6.20. The zero-order valence-electron chi connectivity index (χ0n) is 17.9. The molecule has 0 spiro atoms. The van der Waals surface area contributed by atoms with Crippen LogP contribution in [0.25, 0.3) is 0 Å². The van der Waals surface area contributed by atoms with Crippen molar-refractivity contribution in [3.8, 4) is 5.75 Å². The zero-order chi connectivity index (χ0) is 20.8. The van der Waals surface area contributed by atoms with Crippen molar-refractivity contribution >= 4 is 5.91 Å². The Morgan fingerprint density at radius 3 is 2.83 bits per heavy atom. The second kappa shape index (κ2) is 10.0. The minimum Gasteiger partial charge on any atom is -0.494 e. The van der Waals surface area contributed by atoms with E-state index in [4.69, 9.17) is 4.74 Å². The van der Waals surface area contributed by atoms with E-state index >= 15 is 0 Å². The Labute approximate surface area is 179 Å². The van der Waals surface area contributed by atoms with Crippen LogP contribution in [0, 0.1) is 6.92 Å². The van der Waals surface area contributed by atoms with Gasteiger partial charge in [0.2, 0.25) is 0 Å². The lowest BCUT2D eigenvalue weighted by molar-refractivity contribution is 0.0676. The largest absolute Gasteiger partial charge is 0.494 e. The fraction of sp³-hybridized carbons (Fsp3) is 0.542. The number of aromatic nitrogens is 2. The van der Waals surface area contributed by atoms with E-state index in [-0.39, 0.29) is 5.91 Å². The van der Waals surface area contributed by atoms with E-state index in [2.05, 4.69) is 33.1 Å². The van der Waals surface area contributed by atoms with Gasteiger partial charge in [0, 0.05) is 31.9 Å². The van der Waals surface area contributed by atoms with Gasteiger partial charge in [0.25, 0.3) is 5.91 Å². The summed E-state index contributed by atoms with van der Waals surface area (Å²) in [6.45, 7) is 5.89. The van der Waals surface area contributed by atoms with E-state index in [0.29, 0.717) is 24.9 Å². The molecule has 1 aromatic carbocycles. The summed E-state index contributed by atoms with van der Waals surface area (Å²) in [5.41, 5.74) is 2.59. The number of amides is 1. The molecule has 2 bridgehead atoms. The van der Waals surface area contributed by atoms with Gasteiger partial charge in [-0.3, -0.25) is 14.7 Å².